The average molecular weight is 806 g/mol. The van der Waals surface area contributed by atoms with Crippen LogP contribution in [0.25, 0.3) is 97.0 Å². The lowest BCUT2D eigenvalue weighted by Crippen LogP contribution is -2.10. The Bertz CT molecular complexity index is 3610. The van der Waals surface area contributed by atoms with Crippen molar-refractivity contribution in [3.05, 3.63) is 237 Å². The monoisotopic (exact) mass is 805 g/mol. The number of hydrogen-bond acceptors (Lipinski definition) is 2. The summed E-state index contributed by atoms with van der Waals surface area (Å²) in [7, 11) is 0. The normalized spacial score (nSPS) is 11.5. The van der Waals surface area contributed by atoms with Gasteiger partial charge in [0.15, 0.2) is 0 Å². The number of thiophene rings is 1. The second-order valence-corrected chi connectivity index (χ2v) is 17.2. The van der Waals surface area contributed by atoms with Crippen molar-refractivity contribution in [2.75, 3.05) is 4.90 Å². The fourth-order valence-electron chi connectivity index (χ4n) is 9.36. The zero-order valence-electron chi connectivity index (χ0n) is 33.9. The summed E-state index contributed by atoms with van der Waals surface area (Å²) in [6, 6.07) is 86.7. The number of rotatable bonds is 7. The molecule has 0 saturated carbocycles. The molecule has 0 bridgehead atoms. The molecule has 0 radical (unpaired) electrons. The van der Waals surface area contributed by atoms with E-state index in [1.54, 1.807) is 0 Å². The highest BCUT2D eigenvalue weighted by atomic mass is 32.1. The first-order valence-electron chi connectivity index (χ1n) is 21.2. The summed E-state index contributed by atoms with van der Waals surface area (Å²) in [5, 5.41) is 10.1. The van der Waals surface area contributed by atoms with Gasteiger partial charge in [0.1, 0.15) is 0 Å². The zero-order valence-corrected chi connectivity index (χ0v) is 34.7. The fourth-order valence-corrected chi connectivity index (χ4v) is 10.4. The summed E-state index contributed by atoms with van der Waals surface area (Å²) >= 11 is 1.87. The van der Waals surface area contributed by atoms with Gasteiger partial charge in [-0.1, -0.05) is 176 Å². The number of nitrogens with zero attached hydrogens (tertiary/aromatic N) is 1. The maximum absolute atomic E-state index is 2.41. The van der Waals surface area contributed by atoms with Crippen molar-refractivity contribution < 1.29 is 0 Å². The van der Waals surface area contributed by atoms with Crippen LogP contribution in [0.3, 0.4) is 0 Å². The first-order chi connectivity index (χ1) is 30.7. The van der Waals surface area contributed by atoms with Gasteiger partial charge < -0.3 is 4.90 Å². The molecule has 1 heterocycles. The minimum atomic E-state index is 1.11. The van der Waals surface area contributed by atoms with Crippen LogP contribution in [-0.2, 0) is 0 Å². The molecule has 12 aromatic rings. The molecule has 290 valence electrons. The molecule has 0 N–H and O–H groups in total. The van der Waals surface area contributed by atoms with Gasteiger partial charge in [-0.05, 0) is 132 Å². The Labute approximate surface area is 365 Å². The third kappa shape index (κ3) is 6.32. The van der Waals surface area contributed by atoms with E-state index < -0.39 is 0 Å². The summed E-state index contributed by atoms with van der Waals surface area (Å²) in [4.78, 5) is 2.41. The van der Waals surface area contributed by atoms with Gasteiger partial charge in [0.25, 0.3) is 0 Å². The fraction of sp³-hybridized carbons (Fsp3) is 0. The number of hydrogen-bond donors (Lipinski definition) is 0. The van der Waals surface area contributed by atoms with Crippen LogP contribution in [0.5, 0.6) is 0 Å². The van der Waals surface area contributed by atoms with Crippen molar-refractivity contribution in [1.29, 1.82) is 0 Å². The van der Waals surface area contributed by atoms with Crippen molar-refractivity contribution in [1.82, 2.24) is 0 Å². The molecule has 0 fully saturated rings. The molecule has 0 unspecified atom stereocenters. The van der Waals surface area contributed by atoms with Crippen LogP contribution in [0.1, 0.15) is 0 Å². The van der Waals surface area contributed by atoms with Gasteiger partial charge in [-0.2, -0.15) is 0 Å². The average Bonchev–Trinajstić information content (AvgIpc) is 3.72. The van der Waals surface area contributed by atoms with Gasteiger partial charge in [0.2, 0.25) is 0 Å². The van der Waals surface area contributed by atoms with E-state index in [1.165, 1.54) is 97.0 Å². The first kappa shape index (κ1) is 36.1. The molecule has 0 amide bonds. The van der Waals surface area contributed by atoms with Crippen molar-refractivity contribution >= 4 is 80.9 Å². The summed E-state index contributed by atoms with van der Waals surface area (Å²) < 4.78 is 2.62. The number of anilines is 3. The smallest absolute Gasteiger partial charge is 0.0546 e. The van der Waals surface area contributed by atoms with E-state index in [0.29, 0.717) is 0 Å². The second kappa shape index (κ2) is 15.0. The van der Waals surface area contributed by atoms with Crippen LogP contribution < -0.4 is 4.90 Å². The summed E-state index contributed by atoms with van der Waals surface area (Å²) in [6.45, 7) is 0. The molecular weight excluding hydrogens is 767 g/mol. The molecule has 0 saturated heterocycles. The predicted octanol–water partition coefficient (Wildman–Crippen LogP) is 17.7. The standard InChI is InChI=1S/C60H39NS/c1-2-12-40(13-3-1)41-24-30-49(31-25-41)61(58-39-47-15-5-7-20-53(47)54-21-8-9-22-55(54)58)50-32-26-42(27-33-50)44-17-10-18-45(36-44)46-28-34-59-56(37-46)57-38-48(29-35-60(57)62-59)52-23-11-16-43-14-4-6-19-51(43)52/h1-39H. The minimum absolute atomic E-state index is 1.11. The van der Waals surface area contributed by atoms with Crippen molar-refractivity contribution in [2.45, 2.75) is 0 Å². The molecule has 11 aromatic carbocycles. The molecule has 0 aliphatic rings. The van der Waals surface area contributed by atoms with Gasteiger partial charge in [-0.15, -0.1) is 11.3 Å². The van der Waals surface area contributed by atoms with Gasteiger partial charge in [0, 0.05) is 36.9 Å². The van der Waals surface area contributed by atoms with Gasteiger partial charge >= 0.3 is 0 Å². The van der Waals surface area contributed by atoms with Crippen molar-refractivity contribution in [3.63, 3.8) is 0 Å². The van der Waals surface area contributed by atoms with Crippen LogP contribution in [0, 0.1) is 0 Å². The number of benzene rings is 11. The van der Waals surface area contributed by atoms with Gasteiger partial charge in [-0.25, -0.2) is 0 Å². The lowest BCUT2D eigenvalue weighted by atomic mass is 9.96. The summed E-state index contributed by atoms with van der Waals surface area (Å²) in [6.07, 6.45) is 0. The Morgan fingerprint density at radius 1 is 0.258 bits per heavy atom. The first-order valence-corrected chi connectivity index (χ1v) is 22.0. The molecule has 0 atom stereocenters. The van der Waals surface area contributed by atoms with Gasteiger partial charge in [0.05, 0.1) is 5.69 Å². The Hall–Kier alpha value is -7.78. The largest absolute Gasteiger partial charge is 0.310 e. The van der Waals surface area contributed by atoms with Crippen molar-refractivity contribution in [2.24, 2.45) is 0 Å². The molecule has 0 aliphatic heterocycles. The Balaban J connectivity index is 0.920. The van der Waals surface area contributed by atoms with E-state index in [2.05, 4.69) is 241 Å². The molecule has 1 nitrogen and oxygen atoms in total. The van der Waals surface area contributed by atoms with Crippen molar-refractivity contribution in [3.8, 4) is 44.5 Å². The minimum Gasteiger partial charge on any atom is -0.310 e. The molecule has 0 spiro atoms. The molecular formula is C60H39NS. The SMILES string of the molecule is c1ccc(-c2ccc(N(c3ccc(-c4cccc(-c5ccc6sc7ccc(-c8cccc9ccccc89)cc7c6c5)c4)cc3)c3cc4ccccc4c4ccccc34)cc2)cc1. The lowest BCUT2D eigenvalue weighted by Gasteiger charge is -2.28. The molecule has 62 heavy (non-hydrogen) atoms. The van der Waals surface area contributed by atoms with E-state index in [1.807, 2.05) is 11.3 Å². The maximum atomic E-state index is 2.41. The third-order valence-corrected chi connectivity index (χ3v) is 13.6. The van der Waals surface area contributed by atoms with E-state index in [4.69, 9.17) is 0 Å². The molecule has 2 heteroatoms. The topological polar surface area (TPSA) is 3.24 Å². The van der Waals surface area contributed by atoms with Gasteiger partial charge in [-0.3, -0.25) is 0 Å². The lowest BCUT2D eigenvalue weighted by molar-refractivity contribution is 1.30. The summed E-state index contributed by atoms with van der Waals surface area (Å²) in [5.74, 6) is 0. The quantitative estimate of drug-likeness (QED) is 0.145. The molecule has 12 rings (SSSR count). The zero-order chi connectivity index (χ0) is 41.0. The van der Waals surface area contributed by atoms with E-state index in [0.717, 1.165) is 17.1 Å². The Kier molecular flexibility index (Phi) is 8.76. The highest BCUT2D eigenvalue weighted by Gasteiger charge is 2.18. The van der Waals surface area contributed by atoms with Crippen LogP contribution in [0.15, 0.2) is 237 Å². The number of fused-ring (bicyclic) bond motifs is 7. The van der Waals surface area contributed by atoms with Crippen LogP contribution in [-0.4, -0.2) is 0 Å². The molecule has 1 aromatic heterocycles. The summed E-state index contributed by atoms with van der Waals surface area (Å²) in [5.41, 5.74) is 13.1. The Morgan fingerprint density at radius 3 is 1.45 bits per heavy atom. The third-order valence-electron chi connectivity index (χ3n) is 12.4. The van der Waals surface area contributed by atoms with Crippen LogP contribution in [0.4, 0.5) is 17.1 Å². The van der Waals surface area contributed by atoms with E-state index in [-0.39, 0.29) is 0 Å². The van der Waals surface area contributed by atoms with Crippen LogP contribution in [0.2, 0.25) is 0 Å². The van der Waals surface area contributed by atoms with E-state index >= 15 is 0 Å². The predicted molar refractivity (Wildman–Crippen MR) is 268 cm³/mol. The highest BCUT2D eigenvalue weighted by molar-refractivity contribution is 7.25. The van der Waals surface area contributed by atoms with E-state index in [9.17, 15) is 0 Å². The highest BCUT2D eigenvalue weighted by Crippen LogP contribution is 2.44. The second-order valence-electron chi connectivity index (χ2n) is 16.1. The van der Waals surface area contributed by atoms with Crippen LogP contribution >= 0.6 is 11.3 Å². The molecule has 0 aliphatic carbocycles. The maximum Gasteiger partial charge on any atom is 0.0546 e. The Morgan fingerprint density at radius 2 is 0.726 bits per heavy atom.